The largest absolute Gasteiger partial charge is 1.00 e. The van der Waals surface area contributed by atoms with Crippen LogP contribution < -0.4 is 138 Å². The first-order valence-electron chi connectivity index (χ1n) is 3.25. The van der Waals surface area contributed by atoms with Crippen LogP contribution in [0.2, 0.25) is 0 Å². The zero-order valence-corrected chi connectivity index (χ0v) is 23.0. The molecular weight excluding hydrogens is 362 g/mol. The fraction of sp³-hybridized carbons (Fsp3) is 1.00. The van der Waals surface area contributed by atoms with E-state index in [0.717, 1.165) is 0 Å². The molecule has 0 amide bonds. The molecule has 0 N–H and O–H groups in total. The molecule has 0 radical (unpaired) electrons. The summed E-state index contributed by atoms with van der Waals surface area (Å²) in [6.45, 7) is 4.35. The maximum Gasteiger partial charge on any atom is 1.00 e. The van der Waals surface area contributed by atoms with Gasteiger partial charge in [0.25, 0.3) is 16.5 Å². The summed E-state index contributed by atoms with van der Waals surface area (Å²) in [5.41, 5.74) is 0. The quantitative estimate of drug-likeness (QED) is 0.207. The van der Waals surface area contributed by atoms with Gasteiger partial charge < -0.3 is 19.6 Å². The Kier molecular flexibility index (Phi) is 104. The smallest absolute Gasteiger partial charge is 0.598 e. The third-order valence-electron chi connectivity index (χ3n) is 0.319. The molecule has 14 heteroatoms. The van der Waals surface area contributed by atoms with E-state index in [2.05, 4.69) is 13.8 Å². The van der Waals surface area contributed by atoms with Crippen LogP contribution in [0.25, 0.3) is 0 Å². The van der Waals surface area contributed by atoms with Crippen molar-refractivity contribution in [2.45, 2.75) is 13.8 Å². The van der Waals surface area contributed by atoms with Crippen molar-refractivity contribution in [2.75, 3.05) is 11.5 Å². The van der Waals surface area contributed by atoms with Crippen molar-refractivity contribution in [3.63, 3.8) is 0 Å². The van der Waals surface area contributed by atoms with Crippen LogP contribution in [0, 0.1) is 0 Å². The predicted molar refractivity (Wildman–Crippen MR) is 51.5 cm³/mol. The van der Waals surface area contributed by atoms with Gasteiger partial charge in [0, 0.05) is 11.5 Å². The molecule has 0 spiro atoms. The molecule has 0 saturated carbocycles. The van der Waals surface area contributed by atoms with Crippen molar-refractivity contribution in [3.05, 3.63) is 0 Å². The molecule has 0 aliphatic heterocycles. The molecule has 0 aliphatic rings. The average molecular weight is 372 g/mol. The standard InChI is InChI=1S/C4H10S2.4Na.2HO3P/c1-3-5-6-4-2;;;;;2*1-4(2)3/h3-4H2,1-2H3;;;;;2*(H,1,2,3)/q;4*+1;;/p-2. The second kappa shape index (κ2) is 43.0. The van der Waals surface area contributed by atoms with E-state index in [9.17, 15) is 0 Å². The molecule has 6 nitrogen and oxygen atoms in total. The van der Waals surface area contributed by atoms with Crippen molar-refractivity contribution < 1.29 is 147 Å². The van der Waals surface area contributed by atoms with Crippen LogP contribution in [0.3, 0.4) is 0 Å². The van der Waals surface area contributed by atoms with E-state index < -0.39 is 16.5 Å². The van der Waals surface area contributed by atoms with Gasteiger partial charge in [0.1, 0.15) is 0 Å². The Balaban J connectivity index is -0.0000000186. The summed E-state index contributed by atoms with van der Waals surface area (Å²) in [7, 11) is -2.89. The molecule has 0 aromatic heterocycles. The summed E-state index contributed by atoms with van der Waals surface area (Å²) in [5, 5.41) is 0. The molecule has 0 fully saturated rings. The SMILES string of the molecule is CCSSCC.O=[P+]([O-])[O-].O=[P+]([O-])[O-].[Na+].[Na+].[Na+].[Na+]. The van der Waals surface area contributed by atoms with Crippen LogP contribution in [-0.4, -0.2) is 11.5 Å². The molecule has 18 heavy (non-hydrogen) atoms. The first-order chi connectivity index (χ1) is 6.38. The first-order valence-corrected chi connectivity index (χ1v) is 7.93. The van der Waals surface area contributed by atoms with Gasteiger partial charge in [-0.25, -0.2) is 0 Å². The maximum absolute atomic E-state index is 8.48. The summed E-state index contributed by atoms with van der Waals surface area (Å²) in [6.07, 6.45) is 0. The van der Waals surface area contributed by atoms with Crippen LogP contribution >= 0.6 is 38.1 Å². The van der Waals surface area contributed by atoms with Gasteiger partial charge in [0.2, 0.25) is 0 Å². The van der Waals surface area contributed by atoms with Crippen molar-refractivity contribution in [1.29, 1.82) is 0 Å². The number of rotatable bonds is 3. The van der Waals surface area contributed by atoms with E-state index in [0.29, 0.717) is 0 Å². The molecule has 0 saturated heterocycles. The summed E-state index contributed by atoms with van der Waals surface area (Å²) >= 11 is 0. The van der Waals surface area contributed by atoms with E-state index >= 15 is 0 Å². The predicted octanol–water partition coefficient (Wildman–Crippen LogP) is -12.8. The van der Waals surface area contributed by atoms with Gasteiger partial charge in [0.15, 0.2) is 0 Å². The second-order valence-corrected chi connectivity index (χ2v) is 5.20. The Morgan fingerprint density at radius 2 is 0.833 bits per heavy atom. The maximum atomic E-state index is 8.48. The fourth-order valence-electron chi connectivity index (χ4n) is 0.167. The zero-order valence-electron chi connectivity index (χ0n) is 11.6. The normalized spacial score (nSPS) is 5.89. The summed E-state index contributed by atoms with van der Waals surface area (Å²) in [6, 6.07) is 0. The molecule has 0 heterocycles. The Hall–Kier alpha value is 4.74. The molecule has 0 aromatic carbocycles. The van der Waals surface area contributed by atoms with Gasteiger partial charge in [-0.2, -0.15) is 0 Å². The minimum atomic E-state index is -3.37. The average Bonchev–Trinajstić information content (AvgIpc) is 1.98. The van der Waals surface area contributed by atoms with Crippen LogP contribution in [0.15, 0.2) is 0 Å². The Labute approximate surface area is 206 Å². The molecule has 0 aromatic rings. The van der Waals surface area contributed by atoms with Gasteiger partial charge in [-0.15, -0.1) is 0 Å². The van der Waals surface area contributed by atoms with Crippen molar-refractivity contribution in [3.8, 4) is 0 Å². The monoisotopic (exact) mass is 372 g/mol. The van der Waals surface area contributed by atoms with E-state index in [1.807, 2.05) is 21.6 Å². The molecular formula is C4H10Na4O6P2S2+2. The van der Waals surface area contributed by atoms with Gasteiger partial charge in [0.05, 0.1) is 0 Å². The zero-order chi connectivity index (χ0) is 12.0. The van der Waals surface area contributed by atoms with Crippen LogP contribution in [0.4, 0.5) is 0 Å². The van der Waals surface area contributed by atoms with E-state index in [4.69, 9.17) is 28.7 Å². The minimum Gasteiger partial charge on any atom is -0.598 e. The van der Waals surface area contributed by atoms with E-state index in [1.54, 1.807) is 0 Å². The van der Waals surface area contributed by atoms with E-state index in [1.165, 1.54) is 11.5 Å². The van der Waals surface area contributed by atoms with E-state index in [-0.39, 0.29) is 118 Å². The van der Waals surface area contributed by atoms with Crippen molar-refractivity contribution >= 4 is 38.1 Å². The molecule has 0 unspecified atom stereocenters. The summed E-state index contributed by atoms with van der Waals surface area (Å²) in [4.78, 5) is 33.9. The van der Waals surface area contributed by atoms with Crippen LogP contribution in [-0.2, 0) is 9.13 Å². The number of hydrogen-bond acceptors (Lipinski definition) is 8. The molecule has 0 bridgehead atoms. The van der Waals surface area contributed by atoms with Crippen molar-refractivity contribution in [1.82, 2.24) is 0 Å². The Morgan fingerprint density at radius 1 is 0.722 bits per heavy atom. The third kappa shape index (κ3) is 135. The number of hydrogen-bond donors (Lipinski definition) is 0. The molecule has 86 valence electrons. The first kappa shape index (κ1) is 43.4. The molecule has 0 rings (SSSR count). The van der Waals surface area contributed by atoms with Gasteiger partial charge >= 0.3 is 118 Å². The minimum absolute atomic E-state index is 0. The van der Waals surface area contributed by atoms with Gasteiger partial charge in [-0.05, 0) is 0 Å². The van der Waals surface area contributed by atoms with Crippen LogP contribution in [0.1, 0.15) is 13.8 Å². The molecule has 0 aliphatic carbocycles. The Morgan fingerprint density at radius 3 is 0.889 bits per heavy atom. The van der Waals surface area contributed by atoms with Crippen LogP contribution in [0.5, 0.6) is 0 Å². The van der Waals surface area contributed by atoms with Gasteiger partial charge in [-0.3, -0.25) is 0 Å². The topological polar surface area (TPSA) is 126 Å². The fourth-order valence-corrected chi connectivity index (χ4v) is 1.50. The summed E-state index contributed by atoms with van der Waals surface area (Å²) in [5.74, 6) is 2.47. The summed E-state index contributed by atoms with van der Waals surface area (Å²) < 4.78 is 17.0. The molecule has 0 atom stereocenters. The Bertz CT molecular complexity index is 136. The van der Waals surface area contributed by atoms with Crippen molar-refractivity contribution in [2.24, 2.45) is 0 Å². The third-order valence-corrected chi connectivity index (χ3v) is 2.87. The second-order valence-electron chi connectivity index (χ2n) is 1.26. The van der Waals surface area contributed by atoms with Gasteiger partial charge in [-0.1, -0.05) is 44.6 Å².